The van der Waals surface area contributed by atoms with Crippen LogP contribution >= 0.6 is 90.8 Å². The molecule has 0 saturated carbocycles. The molecule has 0 aliphatic heterocycles. The molecule has 0 aromatic heterocycles. The van der Waals surface area contributed by atoms with Gasteiger partial charge in [0.2, 0.25) is -0.565 Å². The molecule has 6 nitrogen and oxygen atoms in total. The minimum absolute atomic E-state index is 0.222. The topological polar surface area (TPSA) is 107 Å². The molecule has 0 saturated heterocycles. The minimum atomic E-state index is -1.11. The monoisotopic (exact) mass is 700 g/mol. The van der Waals surface area contributed by atoms with E-state index in [9.17, 15) is 4.79 Å². The van der Waals surface area contributed by atoms with Crippen molar-refractivity contribution < 1.29 is 28.3 Å². The van der Waals surface area contributed by atoms with Gasteiger partial charge >= 0.3 is 5.97 Å². The number of aliphatic hydroxyl groups excluding tert-OH is 4. The summed E-state index contributed by atoms with van der Waals surface area (Å²) in [5, 5.41) is 34.0. The first kappa shape index (κ1) is 21.5. The Morgan fingerprint density at radius 1 is 0.941 bits per heavy atom. The predicted molar refractivity (Wildman–Crippen MR) is 95.7 cm³/mol. The van der Waals surface area contributed by atoms with Crippen molar-refractivity contribution in [2.24, 2.45) is 5.41 Å². The van der Waals surface area contributed by atoms with Gasteiger partial charge in [-0.15, -0.1) is 0 Å². The maximum atomic E-state index is 10.6. The summed E-state index contributed by atoms with van der Waals surface area (Å²) < 4.78 is 3.97. The molecule has 10 heteroatoms. The van der Waals surface area contributed by atoms with Crippen LogP contribution in [-0.2, 0) is 7.86 Å². The molecule has 0 bridgehead atoms. The number of halogens is 4. The third-order valence-electron chi connectivity index (χ3n) is 1.64. The van der Waals surface area contributed by atoms with Crippen LogP contribution in [0.5, 0.6) is 0 Å². The molecule has 0 spiro atoms. The quantitative estimate of drug-likeness (QED) is 0.250. The Bertz CT molecular complexity index is 197. The largest absolute Gasteiger partial charge is 0.396 e. The standard InChI is InChI=1S/C5H12O4.C2I4O2/c6-1-5(2-7,3-8)4-9;3-2(4,5)1(7)8-6/h6-9H,1-4H2;. The number of hydrogen-bond donors (Lipinski definition) is 4. The lowest BCUT2D eigenvalue weighted by Crippen LogP contribution is -2.37. The molecule has 0 aromatic rings. The molecular formula is C7H12I4O6. The SMILES string of the molecule is O=C(OI)C(I)(I)I.OCC(CO)(CO)CO. The van der Waals surface area contributed by atoms with Gasteiger partial charge < -0.3 is 23.5 Å². The van der Waals surface area contributed by atoms with E-state index >= 15 is 0 Å². The zero-order chi connectivity index (χ0) is 14.1. The highest BCUT2D eigenvalue weighted by Gasteiger charge is 2.29. The summed E-state index contributed by atoms with van der Waals surface area (Å²) in [4.78, 5) is 10.6. The summed E-state index contributed by atoms with van der Waals surface area (Å²) in [6.07, 6.45) is 0. The maximum Gasteiger partial charge on any atom is 0.351 e. The van der Waals surface area contributed by atoms with E-state index in [4.69, 9.17) is 20.4 Å². The number of hydrogen-bond acceptors (Lipinski definition) is 6. The first-order chi connectivity index (χ1) is 7.72. The second-order valence-electron chi connectivity index (χ2n) is 2.99. The lowest BCUT2D eigenvalue weighted by Gasteiger charge is -2.23. The summed E-state index contributed by atoms with van der Waals surface area (Å²) in [6.45, 7) is -1.62. The van der Waals surface area contributed by atoms with Gasteiger partial charge in [0.1, 0.15) is 0 Å². The van der Waals surface area contributed by atoms with Crippen molar-refractivity contribution in [3.05, 3.63) is 0 Å². The van der Waals surface area contributed by atoms with Crippen molar-refractivity contribution in [2.45, 2.75) is -0.565 Å². The zero-order valence-corrected chi connectivity index (χ0v) is 17.1. The van der Waals surface area contributed by atoms with Gasteiger partial charge in [-0.2, -0.15) is 0 Å². The van der Waals surface area contributed by atoms with Gasteiger partial charge in [0, 0.05) is 0 Å². The average Bonchev–Trinajstić information content (AvgIpc) is 2.31. The molecule has 0 unspecified atom stereocenters. The third kappa shape index (κ3) is 9.72. The molecule has 0 amide bonds. The van der Waals surface area contributed by atoms with Gasteiger partial charge in [-0.25, -0.2) is 4.79 Å². The van der Waals surface area contributed by atoms with Gasteiger partial charge in [0.15, 0.2) is 23.0 Å². The molecule has 104 valence electrons. The minimum Gasteiger partial charge on any atom is -0.396 e. The fourth-order valence-corrected chi connectivity index (χ4v) is 2.27. The smallest absolute Gasteiger partial charge is 0.351 e. The molecule has 0 rings (SSSR count). The molecule has 0 aromatic carbocycles. The molecular weight excluding hydrogens is 688 g/mol. The summed E-state index contributed by atoms with van der Waals surface area (Å²) in [5.74, 6) is -0.222. The van der Waals surface area contributed by atoms with E-state index in [-0.39, 0.29) is 5.97 Å². The Kier molecular flexibility index (Phi) is 13.9. The summed E-state index contributed by atoms with van der Waals surface area (Å²) in [5.41, 5.74) is -1.11. The molecule has 0 aliphatic carbocycles. The Morgan fingerprint density at radius 3 is 1.24 bits per heavy atom. The fourth-order valence-electron chi connectivity index (χ4n) is 0.344. The van der Waals surface area contributed by atoms with Crippen molar-refractivity contribution in [3.63, 3.8) is 0 Å². The van der Waals surface area contributed by atoms with Crippen LogP contribution < -0.4 is 0 Å². The van der Waals surface area contributed by atoms with E-state index < -0.39 is 31.3 Å². The van der Waals surface area contributed by atoms with E-state index in [0.29, 0.717) is 0 Å². The van der Waals surface area contributed by atoms with Gasteiger partial charge in [-0.1, -0.05) is 0 Å². The highest BCUT2D eigenvalue weighted by atomic mass is 127. The van der Waals surface area contributed by atoms with E-state index in [1.54, 1.807) is 23.0 Å². The molecule has 0 aliphatic rings. The van der Waals surface area contributed by atoms with Crippen molar-refractivity contribution >= 4 is 96.7 Å². The summed E-state index contributed by atoms with van der Waals surface area (Å²) in [7, 11) is 0. The van der Waals surface area contributed by atoms with Crippen LogP contribution in [0.25, 0.3) is 0 Å². The van der Waals surface area contributed by atoms with Gasteiger partial charge in [-0.05, 0) is 67.8 Å². The Balaban J connectivity index is 0. The average molecular weight is 700 g/mol. The van der Waals surface area contributed by atoms with E-state index in [0.717, 1.165) is 0 Å². The van der Waals surface area contributed by atoms with Crippen LogP contribution in [0.1, 0.15) is 0 Å². The van der Waals surface area contributed by atoms with Crippen molar-refractivity contribution in [1.82, 2.24) is 0 Å². The van der Waals surface area contributed by atoms with Crippen LogP contribution in [0, 0.1) is 5.41 Å². The second-order valence-corrected chi connectivity index (χ2v) is 14.5. The number of alkyl halides is 3. The van der Waals surface area contributed by atoms with Crippen LogP contribution in [0.3, 0.4) is 0 Å². The van der Waals surface area contributed by atoms with Crippen molar-refractivity contribution in [2.75, 3.05) is 26.4 Å². The van der Waals surface area contributed by atoms with Gasteiger partial charge in [-0.3, -0.25) is 0 Å². The Labute approximate surface area is 154 Å². The predicted octanol–water partition coefficient (Wildman–Crippen LogP) is 0.780. The number of rotatable bonds is 5. The van der Waals surface area contributed by atoms with Crippen LogP contribution in [0.15, 0.2) is 0 Å². The highest BCUT2D eigenvalue weighted by Crippen LogP contribution is 2.37. The second kappa shape index (κ2) is 11.0. The first-order valence-electron chi connectivity index (χ1n) is 4.06. The van der Waals surface area contributed by atoms with Crippen LogP contribution in [-0.4, -0.2) is 52.3 Å². The van der Waals surface area contributed by atoms with Crippen molar-refractivity contribution in [1.29, 1.82) is 0 Å². The molecule has 0 atom stereocenters. The summed E-state index contributed by atoms with van der Waals surface area (Å²) in [6, 6.07) is 0. The molecule has 17 heavy (non-hydrogen) atoms. The lowest BCUT2D eigenvalue weighted by molar-refractivity contribution is -0.128. The molecule has 0 fully saturated rings. The molecule has 4 N–H and O–H groups in total. The number of carbonyl (C=O) groups excluding carboxylic acids is 1. The summed E-state index contributed by atoms with van der Waals surface area (Å²) >= 11 is 7.56. The van der Waals surface area contributed by atoms with E-state index in [1.165, 1.54) is 0 Å². The molecule has 0 heterocycles. The third-order valence-corrected chi connectivity index (χ3v) is 3.36. The van der Waals surface area contributed by atoms with Crippen LogP contribution in [0.4, 0.5) is 0 Å². The molecule has 0 radical (unpaired) electrons. The number of aliphatic hydroxyl groups is 4. The normalized spacial score (nSPS) is 11.5. The lowest BCUT2D eigenvalue weighted by atomic mass is 9.93. The maximum absolute atomic E-state index is 10.6. The highest BCUT2D eigenvalue weighted by molar-refractivity contribution is 14.3. The zero-order valence-electron chi connectivity index (χ0n) is 8.45. The van der Waals surface area contributed by atoms with Gasteiger partial charge in [0.05, 0.1) is 31.8 Å². The van der Waals surface area contributed by atoms with Gasteiger partial charge in [0.25, 0.3) is 0 Å². The first-order valence-corrected chi connectivity index (χ1v) is 8.18. The fraction of sp³-hybridized carbons (Fsp3) is 0.857. The Hall–Kier alpha value is 2.23. The van der Waals surface area contributed by atoms with Crippen molar-refractivity contribution in [3.8, 4) is 0 Å². The Morgan fingerprint density at radius 2 is 1.24 bits per heavy atom. The van der Waals surface area contributed by atoms with E-state index in [1.807, 2.05) is 67.8 Å². The van der Waals surface area contributed by atoms with Crippen LogP contribution in [0.2, 0.25) is 0 Å². The van der Waals surface area contributed by atoms with E-state index in [2.05, 4.69) is 3.07 Å². The number of carbonyl (C=O) groups is 1.